The molecular formula is C23H34O5. The molecule has 0 radical (unpaired) electrons. The number of epoxide rings is 1. The van der Waals surface area contributed by atoms with Crippen LogP contribution in [0.4, 0.5) is 0 Å². The fourth-order valence-corrected chi connectivity index (χ4v) is 8.46. The summed E-state index contributed by atoms with van der Waals surface area (Å²) in [4.78, 5) is 23.6. The highest BCUT2D eigenvalue weighted by Crippen LogP contribution is 2.73. The van der Waals surface area contributed by atoms with Crippen molar-refractivity contribution in [2.75, 3.05) is 0 Å². The summed E-state index contributed by atoms with van der Waals surface area (Å²) in [7, 11) is 0. The highest BCUT2D eigenvalue weighted by Gasteiger charge is 2.78. The van der Waals surface area contributed by atoms with E-state index in [0.29, 0.717) is 17.8 Å². The average Bonchev–Trinajstić information content (AvgIpc) is 3.27. The van der Waals surface area contributed by atoms with Crippen LogP contribution in [0.1, 0.15) is 79.1 Å². The van der Waals surface area contributed by atoms with Gasteiger partial charge < -0.3 is 14.2 Å². The van der Waals surface area contributed by atoms with Gasteiger partial charge in [0.05, 0.1) is 6.10 Å². The number of hydrogen-bond acceptors (Lipinski definition) is 5. The second kappa shape index (κ2) is 5.96. The number of hydrogen-bond donors (Lipinski definition) is 0. The summed E-state index contributed by atoms with van der Waals surface area (Å²) >= 11 is 0. The molecule has 0 unspecified atom stereocenters. The van der Waals surface area contributed by atoms with Gasteiger partial charge in [0.15, 0.2) is 0 Å². The zero-order chi connectivity index (χ0) is 19.9. The highest BCUT2D eigenvalue weighted by atomic mass is 16.7. The van der Waals surface area contributed by atoms with Gasteiger partial charge in [-0.3, -0.25) is 9.59 Å². The van der Waals surface area contributed by atoms with Gasteiger partial charge in [0.2, 0.25) is 0 Å². The van der Waals surface area contributed by atoms with Crippen molar-refractivity contribution >= 4 is 11.9 Å². The van der Waals surface area contributed by atoms with Crippen LogP contribution in [0.25, 0.3) is 0 Å². The molecule has 1 aliphatic heterocycles. The maximum Gasteiger partial charge on any atom is 0.303 e. The van der Waals surface area contributed by atoms with Crippen LogP contribution in [0.2, 0.25) is 0 Å². The van der Waals surface area contributed by atoms with Crippen molar-refractivity contribution in [3.05, 3.63) is 0 Å². The molecule has 9 atom stereocenters. The predicted octanol–water partition coefficient (Wildman–Crippen LogP) is 4.02. The van der Waals surface area contributed by atoms with Crippen LogP contribution in [-0.2, 0) is 23.8 Å². The maximum atomic E-state index is 11.9. The van der Waals surface area contributed by atoms with Crippen LogP contribution < -0.4 is 0 Å². The van der Waals surface area contributed by atoms with Crippen LogP contribution >= 0.6 is 0 Å². The van der Waals surface area contributed by atoms with E-state index in [9.17, 15) is 9.59 Å². The maximum absolute atomic E-state index is 11.9. The fourth-order valence-electron chi connectivity index (χ4n) is 8.46. The lowest BCUT2D eigenvalue weighted by atomic mass is 9.44. The van der Waals surface area contributed by atoms with Crippen LogP contribution in [0.5, 0.6) is 0 Å². The SMILES string of the molecule is CC(=O)O[C@H]1CC[C@@H]2[C@@H]3C[C@H](OC(C)=O)[C@@]45O[C@@H]4CCC[C@]5(C)[C@H]3CC[C@]12C. The first-order valence-electron chi connectivity index (χ1n) is 11.2. The molecular weight excluding hydrogens is 356 g/mol. The summed E-state index contributed by atoms with van der Waals surface area (Å²) in [6, 6.07) is 0. The molecule has 4 saturated carbocycles. The minimum absolute atomic E-state index is 0.0306. The van der Waals surface area contributed by atoms with E-state index < -0.39 is 0 Å². The van der Waals surface area contributed by atoms with Gasteiger partial charge in [-0.1, -0.05) is 20.3 Å². The normalized spacial score (nSPS) is 53.9. The van der Waals surface area contributed by atoms with E-state index in [1.165, 1.54) is 26.7 Å². The van der Waals surface area contributed by atoms with Crippen LogP contribution in [0, 0.1) is 28.6 Å². The predicted molar refractivity (Wildman–Crippen MR) is 102 cm³/mol. The molecule has 5 fully saturated rings. The summed E-state index contributed by atoms with van der Waals surface area (Å²) in [5.41, 5.74) is -0.119. The second-order valence-corrected chi connectivity index (χ2v) is 10.6. The summed E-state index contributed by atoms with van der Waals surface area (Å²) in [6.45, 7) is 7.80. The Morgan fingerprint density at radius 2 is 1.61 bits per heavy atom. The molecule has 156 valence electrons. The molecule has 1 saturated heterocycles. The van der Waals surface area contributed by atoms with Gasteiger partial charge in [-0.25, -0.2) is 0 Å². The van der Waals surface area contributed by atoms with Crippen molar-refractivity contribution < 1.29 is 23.8 Å². The Morgan fingerprint density at radius 1 is 0.893 bits per heavy atom. The first-order valence-corrected chi connectivity index (χ1v) is 11.2. The number of rotatable bonds is 2. The number of carbonyl (C=O) groups excluding carboxylic acids is 2. The van der Waals surface area contributed by atoms with Crippen molar-refractivity contribution in [1.29, 1.82) is 0 Å². The fraction of sp³-hybridized carbons (Fsp3) is 0.913. The molecule has 0 aromatic heterocycles. The lowest BCUT2D eigenvalue weighted by Gasteiger charge is -2.60. The van der Waals surface area contributed by atoms with Crippen molar-refractivity contribution in [3.8, 4) is 0 Å². The number of esters is 2. The molecule has 4 aliphatic carbocycles. The summed E-state index contributed by atoms with van der Waals surface area (Å²) < 4.78 is 18.1. The van der Waals surface area contributed by atoms with Crippen LogP contribution in [0.3, 0.4) is 0 Å². The Morgan fingerprint density at radius 3 is 2.32 bits per heavy atom. The number of carbonyl (C=O) groups is 2. The van der Waals surface area contributed by atoms with E-state index in [1.807, 2.05) is 0 Å². The summed E-state index contributed by atoms with van der Waals surface area (Å²) in [5.74, 6) is 1.30. The summed E-state index contributed by atoms with van der Waals surface area (Å²) in [5, 5.41) is 0. The number of fused-ring (bicyclic) bond motifs is 4. The van der Waals surface area contributed by atoms with E-state index in [1.54, 1.807) is 0 Å². The molecule has 5 nitrogen and oxygen atoms in total. The van der Waals surface area contributed by atoms with Gasteiger partial charge in [-0.2, -0.15) is 0 Å². The molecule has 1 spiro atoms. The van der Waals surface area contributed by atoms with E-state index >= 15 is 0 Å². The first kappa shape index (κ1) is 18.9. The van der Waals surface area contributed by atoms with Gasteiger partial charge in [0.25, 0.3) is 0 Å². The standard InChI is InChI=1S/C23H34O5/c1-13(24)26-18-8-7-16-15-12-20(27-14(2)25)23-19(28-23)6-5-10-22(23,4)17(15)9-11-21(16,18)3/h15-20H,5-12H2,1-4H3/t15-,16+,17-,18-,19+,20-,21-,22+,23-/m0/s1. The molecule has 0 amide bonds. The number of ether oxygens (including phenoxy) is 3. The highest BCUT2D eigenvalue weighted by molar-refractivity contribution is 5.66. The van der Waals surface area contributed by atoms with E-state index in [2.05, 4.69) is 13.8 Å². The van der Waals surface area contributed by atoms with Crippen LogP contribution in [-0.4, -0.2) is 35.9 Å². The molecule has 28 heavy (non-hydrogen) atoms. The Bertz CT molecular complexity index is 705. The largest absolute Gasteiger partial charge is 0.462 e. The zero-order valence-corrected chi connectivity index (χ0v) is 17.7. The molecule has 0 aromatic rings. The molecule has 0 N–H and O–H groups in total. The van der Waals surface area contributed by atoms with Crippen molar-refractivity contribution in [1.82, 2.24) is 0 Å². The van der Waals surface area contributed by atoms with Crippen molar-refractivity contribution in [3.63, 3.8) is 0 Å². The van der Waals surface area contributed by atoms with E-state index in [-0.39, 0.29) is 46.7 Å². The van der Waals surface area contributed by atoms with Gasteiger partial charge in [0, 0.05) is 24.7 Å². The quantitative estimate of drug-likeness (QED) is 0.526. The minimum atomic E-state index is -0.250. The van der Waals surface area contributed by atoms with Gasteiger partial charge in [-0.15, -0.1) is 0 Å². The molecule has 0 bridgehead atoms. The molecule has 5 aliphatic rings. The van der Waals surface area contributed by atoms with E-state index in [0.717, 1.165) is 38.5 Å². The van der Waals surface area contributed by atoms with Gasteiger partial charge >= 0.3 is 11.9 Å². The Kier molecular flexibility index (Phi) is 4.02. The zero-order valence-electron chi connectivity index (χ0n) is 17.7. The molecule has 5 rings (SSSR count). The molecule has 0 aromatic carbocycles. The van der Waals surface area contributed by atoms with Gasteiger partial charge in [0.1, 0.15) is 17.8 Å². The molecule has 5 heteroatoms. The first-order chi connectivity index (χ1) is 13.2. The Balaban J connectivity index is 1.49. The average molecular weight is 391 g/mol. The van der Waals surface area contributed by atoms with E-state index in [4.69, 9.17) is 14.2 Å². The third kappa shape index (κ3) is 2.28. The second-order valence-electron chi connectivity index (χ2n) is 10.6. The van der Waals surface area contributed by atoms with Crippen LogP contribution in [0.15, 0.2) is 0 Å². The Hall–Kier alpha value is -1.10. The minimum Gasteiger partial charge on any atom is -0.462 e. The summed E-state index contributed by atoms with van der Waals surface area (Å²) in [6.07, 6.45) is 8.89. The van der Waals surface area contributed by atoms with Gasteiger partial charge in [-0.05, 0) is 62.7 Å². The molecule has 1 heterocycles. The van der Waals surface area contributed by atoms with Crippen molar-refractivity contribution in [2.45, 2.75) is 103 Å². The lowest BCUT2D eigenvalue weighted by Crippen LogP contribution is -2.63. The Labute approximate surface area is 167 Å². The smallest absolute Gasteiger partial charge is 0.303 e. The third-order valence-electron chi connectivity index (χ3n) is 9.56. The third-order valence-corrected chi connectivity index (χ3v) is 9.56. The lowest BCUT2D eigenvalue weighted by molar-refractivity contribution is -0.191. The monoisotopic (exact) mass is 390 g/mol. The topological polar surface area (TPSA) is 65.1 Å². The van der Waals surface area contributed by atoms with Crippen molar-refractivity contribution in [2.24, 2.45) is 28.6 Å².